The van der Waals surface area contributed by atoms with Crippen LogP contribution in [-0.2, 0) is 0 Å². The molecule has 0 unspecified atom stereocenters. The number of anilines is 1. The van der Waals surface area contributed by atoms with Crippen LogP contribution in [0.25, 0.3) is 5.69 Å². The van der Waals surface area contributed by atoms with Crippen molar-refractivity contribution in [1.82, 2.24) is 14.9 Å². The van der Waals surface area contributed by atoms with Crippen molar-refractivity contribution in [2.24, 2.45) is 0 Å². The number of benzene rings is 2. The Balaban J connectivity index is 1.60. The van der Waals surface area contributed by atoms with Crippen molar-refractivity contribution in [3.05, 3.63) is 114 Å². The number of para-hydroxylation sites is 1. The molecule has 4 aromatic rings. The summed E-state index contributed by atoms with van der Waals surface area (Å²) >= 11 is 11.9. The molecule has 1 fully saturated rings. The first-order chi connectivity index (χ1) is 14.7. The molecule has 0 radical (unpaired) electrons. The molecule has 30 heavy (non-hydrogen) atoms. The van der Waals surface area contributed by atoms with E-state index in [4.69, 9.17) is 23.8 Å². The second kappa shape index (κ2) is 7.94. The number of hydrogen-bond acceptors (Lipinski definition) is 2. The minimum Gasteiger partial charge on any atom is -0.351 e. The third-order valence-corrected chi connectivity index (χ3v) is 5.88. The number of hydrogen-bond donors (Lipinski definition) is 1. The average molecular weight is 431 g/mol. The second-order valence-electron chi connectivity index (χ2n) is 7.16. The third kappa shape index (κ3) is 3.47. The van der Waals surface area contributed by atoms with Crippen LogP contribution < -0.4 is 10.2 Å². The van der Waals surface area contributed by atoms with Crippen LogP contribution in [0.15, 0.2) is 97.5 Å². The van der Waals surface area contributed by atoms with Gasteiger partial charge in [0.2, 0.25) is 0 Å². The van der Waals surface area contributed by atoms with Gasteiger partial charge in [-0.05, 0) is 72.4 Å². The number of halogens is 1. The molecule has 2 atom stereocenters. The Morgan fingerprint density at radius 1 is 0.867 bits per heavy atom. The monoisotopic (exact) mass is 430 g/mol. The first-order valence-electron chi connectivity index (χ1n) is 9.70. The summed E-state index contributed by atoms with van der Waals surface area (Å²) in [6, 6.07) is 26.1. The summed E-state index contributed by atoms with van der Waals surface area (Å²) in [5.41, 5.74) is 4.21. The van der Waals surface area contributed by atoms with Gasteiger partial charge in [0.05, 0.1) is 17.8 Å². The predicted octanol–water partition coefficient (Wildman–Crippen LogP) is 5.70. The van der Waals surface area contributed by atoms with Crippen LogP contribution in [0.2, 0.25) is 5.02 Å². The van der Waals surface area contributed by atoms with Gasteiger partial charge in [0.15, 0.2) is 5.11 Å². The molecular formula is C24H19ClN4S. The van der Waals surface area contributed by atoms with Crippen LogP contribution in [0.3, 0.4) is 0 Å². The van der Waals surface area contributed by atoms with Crippen molar-refractivity contribution in [3.63, 3.8) is 0 Å². The number of nitrogens with zero attached hydrogens (tertiary/aromatic N) is 3. The molecule has 0 saturated carbocycles. The lowest BCUT2D eigenvalue weighted by Crippen LogP contribution is -2.29. The molecule has 148 valence electrons. The van der Waals surface area contributed by atoms with E-state index in [1.807, 2.05) is 66.9 Å². The predicted molar refractivity (Wildman–Crippen MR) is 125 cm³/mol. The Labute approximate surface area is 185 Å². The fourth-order valence-electron chi connectivity index (χ4n) is 3.92. The first-order valence-corrected chi connectivity index (χ1v) is 10.5. The summed E-state index contributed by atoms with van der Waals surface area (Å²) in [5, 5.41) is 4.85. The topological polar surface area (TPSA) is 33.1 Å². The van der Waals surface area contributed by atoms with Gasteiger partial charge in [-0.2, -0.15) is 0 Å². The van der Waals surface area contributed by atoms with Crippen LogP contribution in [0.5, 0.6) is 0 Å². The van der Waals surface area contributed by atoms with E-state index in [-0.39, 0.29) is 12.1 Å². The van der Waals surface area contributed by atoms with Crippen LogP contribution in [0.4, 0.5) is 5.69 Å². The number of thiocarbonyl (C=S) groups is 1. The maximum atomic E-state index is 6.12. The van der Waals surface area contributed by atoms with Crippen molar-refractivity contribution in [1.29, 1.82) is 0 Å². The van der Waals surface area contributed by atoms with E-state index >= 15 is 0 Å². The van der Waals surface area contributed by atoms with Gasteiger partial charge in [-0.15, -0.1) is 0 Å². The van der Waals surface area contributed by atoms with Gasteiger partial charge in [-0.3, -0.25) is 4.98 Å². The van der Waals surface area contributed by atoms with Gasteiger partial charge in [0.1, 0.15) is 0 Å². The minimum absolute atomic E-state index is 0.0430. The smallest absolute Gasteiger partial charge is 0.174 e. The number of pyridine rings is 1. The summed E-state index contributed by atoms with van der Waals surface area (Å²) in [6.45, 7) is 0. The Kier molecular flexibility index (Phi) is 4.99. The molecular weight excluding hydrogens is 412 g/mol. The zero-order valence-corrected chi connectivity index (χ0v) is 17.6. The summed E-state index contributed by atoms with van der Waals surface area (Å²) in [6.07, 6.45) is 6.06. The molecule has 0 spiro atoms. The van der Waals surface area contributed by atoms with Crippen molar-refractivity contribution in [3.8, 4) is 5.69 Å². The van der Waals surface area contributed by atoms with E-state index in [1.165, 1.54) is 0 Å². The van der Waals surface area contributed by atoms with Gasteiger partial charge in [0, 0.05) is 35.0 Å². The summed E-state index contributed by atoms with van der Waals surface area (Å²) in [5.74, 6) is 0. The Morgan fingerprint density at radius 2 is 1.63 bits per heavy atom. The third-order valence-electron chi connectivity index (χ3n) is 5.31. The highest BCUT2D eigenvalue weighted by Crippen LogP contribution is 2.41. The lowest BCUT2D eigenvalue weighted by atomic mass is 9.98. The summed E-state index contributed by atoms with van der Waals surface area (Å²) < 4.78 is 2.13. The molecule has 1 aliphatic rings. The summed E-state index contributed by atoms with van der Waals surface area (Å²) in [4.78, 5) is 6.75. The SMILES string of the molecule is S=C1N[C@H](c2ccccn2)[C@H](c2ccn(-c3ccccc3)c2)N1c1ccc(Cl)cc1. The lowest BCUT2D eigenvalue weighted by Gasteiger charge is -2.27. The molecule has 5 rings (SSSR count). The van der Waals surface area contributed by atoms with Crippen molar-refractivity contribution < 1.29 is 0 Å². The van der Waals surface area contributed by atoms with E-state index in [2.05, 4.69) is 50.4 Å². The van der Waals surface area contributed by atoms with E-state index in [0.717, 1.165) is 22.6 Å². The molecule has 6 heteroatoms. The molecule has 0 amide bonds. The Hall–Kier alpha value is -3.15. The van der Waals surface area contributed by atoms with Crippen LogP contribution in [-0.4, -0.2) is 14.7 Å². The lowest BCUT2D eigenvalue weighted by molar-refractivity contribution is 0.568. The van der Waals surface area contributed by atoms with E-state index in [1.54, 1.807) is 0 Å². The largest absolute Gasteiger partial charge is 0.351 e. The van der Waals surface area contributed by atoms with Crippen LogP contribution in [0.1, 0.15) is 23.3 Å². The number of aromatic nitrogens is 2. The molecule has 2 aromatic carbocycles. The fourth-order valence-corrected chi connectivity index (χ4v) is 4.39. The standard InChI is InChI=1S/C24H19ClN4S/c25-18-9-11-20(12-10-18)29-23(22(27-24(29)30)21-8-4-5-14-26-21)17-13-15-28(16-17)19-6-2-1-3-7-19/h1-16,22-23H,(H,27,30)/t22-,23+/m1/s1. The van der Waals surface area contributed by atoms with Crippen molar-refractivity contribution >= 4 is 34.6 Å². The van der Waals surface area contributed by atoms with Gasteiger partial charge >= 0.3 is 0 Å². The van der Waals surface area contributed by atoms with Crippen molar-refractivity contribution in [2.45, 2.75) is 12.1 Å². The highest BCUT2D eigenvalue weighted by molar-refractivity contribution is 7.80. The normalized spacial score (nSPS) is 18.4. The second-order valence-corrected chi connectivity index (χ2v) is 7.98. The highest BCUT2D eigenvalue weighted by atomic mass is 35.5. The maximum Gasteiger partial charge on any atom is 0.174 e. The van der Waals surface area contributed by atoms with E-state index < -0.39 is 0 Å². The quantitative estimate of drug-likeness (QED) is 0.421. The number of nitrogens with one attached hydrogen (secondary N) is 1. The van der Waals surface area contributed by atoms with Crippen molar-refractivity contribution in [2.75, 3.05) is 4.90 Å². The van der Waals surface area contributed by atoms with Gasteiger partial charge < -0.3 is 14.8 Å². The average Bonchev–Trinajstić information content (AvgIpc) is 3.40. The molecule has 0 aliphatic carbocycles. The zero-order valence-electron chi connectivity index (χ0n) is 16.0. The first kappa shape index (κ1) is 18.9. The van der Waals surface area contributed by atoms with E-state index in [0.29, 0.717) is 10.1 Å². The van der Waals surface area contributed by atoms with Gasteiger partial charge in [0.25, 0.3) is 0 Å². The van der Waals surface area contributed by atoms with E-state index in [9.17, 15) is 0 Å². The molecule has 1 aliphatic heterocycles. The Morgan fingerprint density at radius 3 is 2.37 bits per heavy atom. The molecule has 1 N–H and O–H groups in total. The fraction of sp³-hybridized carbons (Fsp3) is 0.0833. The molecule has 3 heterocycles. The molecule has 0 bridgehead atoms. The summed E-state index contributed by atoms with van der Waals surface area (Å²) in [7, 11) is 0. The molecule has 1 saturated heterocycles. The van der Waals surface area contributed by atoms with Crippen LogP contribution in [0, 0.1) is 0 Å². The highest BCUT2D eigenvalue weighted by Gasteiger charge is 2.41. The molecule has 4 nitrogen and oxygen atoms in total. The minimum atomic E-state index is -0.0685. The molecule has 2 aromatic heterocycles. The Bertz CT molecular complexity index is 1160. The van der Waals surface area contributed by atoms with Gasteiger partial charge in [-0.25, -0.2) is 0 Å². The zero-order chi connectivity index (χ0) is 20.5. The maximum absolute atomic E-state index is 6.12. The van der Waals surface area contributed by atoms with Gasteiger partial charge in [-0.1, -0.05) is 35.9 Å². The number of rotatable bonds is 4. The van der Waals surface area contributed by atoms with Crippen LogP contribution >= 0.6 is 23.8 Å².